The Morgan fingerprint density at radius 2 is 1.44 bits per heavy atom. The van der Waals surface area contributed by atoms with Crippen LogP contribution in [0.2, 0.25) is 0 Å². The largest absolute Gasteiger partial charge is 0.497 e. The summed E-state index contributed by atoms with van der Waals surface area (Å²) < 4.78 is 42.0. The highest BCUT2D eigenvalue weighted by Gasteiger charge is 2.45. The van der Waals surface area contributed by atoms with Crippen molar-refractivity contribution >= 4 is 8.53 Å². The Labute approximate surface area is 307 Å². The van der Waals surface area contributed by atoms with Gasteiger partial charge in [-0.3, -0.25) is 14.3 Å². The minimum atomic E-state index is -1.51. The summed E-state index contributed by atoms with van der Waals surface area (Å²) in [5.74, 6) is 1.44. The second kappa shape index (κ2) is 17.8. The van der Waals surface area contributed by atoms with E-state index in [1.54, 1.807) is 27.3 Å². The zero-order chi connectivity index (χ0) is 37.4. The first-order valence-corrected chi connectivity index (χ1v) is 19.0. The first-order valence-electron chi connectivity index (χ1n) is 17.9. The van der Waals surface area contributed by atoms with Crippen LogP contribution >= 0.6 is 8.53 Å². The van der Waals surface area contributed by atoms with Crippen LogP contribution in [0.5, 0.6) is 11.5 Å². The number of benzene rings is 3. The maximum atomic E-state index is 13.1. The van der Waals surface area contributed by atoms with Crippen LogP contribution in [0.3, 0.4) is 0 Å². The summed E-state index contributed by atoms with van der Waals surface area (Å²) >= 11 is 0. The Kier molecular flexibility index (Phi) is 13.5. The first-order chi connectivity index (χ1) is 25.0. The Bertz CT molecular complexity index is 1770. The van der Waals surface area contributed by atoms with E-state index in [2.05, 4.69) is 44.3 Å². The molecule has 0 amide bonds. The molecule has 12 heteroatoms. The molecule has 0 aliphatic carbocycles. The minimum absolute atomic E-state index is 0.0888. The molecule has 0 saturated carbocycles. The topological polar surface area (TPSA) is 113 Å². The molecular weight excluding hydrogens is 681 g/mol. The number of aromatic amines is 1. The zero-order valence-electron chi connectivity index (χ0n) is 31.4. The van der Waals surface area contributed by atoms with Gasteiger partial charge in [0.15, 0.2) is 0 Å². The molecule has 4 aromatic rings. The lowest BCUT2D eigenvalue weighted by molar-refractivity contribution is -0.0926. The second-order valence-electron chi connectivity index (χ2n) is 13.4. The molecular formula is C40H52N3O8P. The Hall–Kier alpha value is -3.83. The Morgan fingerprint density at radius 3 is 1.96 bits per heavy atom. The fourth-order valence-electron chi connectivity index (χ4n) is 6.62. The monoisotopic (exact) mass is 733 g/mol. The number of ether oxygens (including phenoxy) is 4. The van der Waals surface area contributed by atoms with Crippen LogP contribution in [0, 0.1) is 6.92 Å². The molecule has 5 rings (SSSR count). The third-order valence-corrected chi connectivity index (χ3v) is 11.3. The van der Waals surface area contributed by atoms with E-state index in [1.165, 1.54) is 4.57 Å². The third kappa shape index (κ3) is 8.68. The van der Waals surface area contributed by atoms with Gasteiger partial charge >= 0.3 is 5.69 Å². The number of aryl methyl sites for hydroxylation is 1. The Morgan fingerprint density at radius 1 is 0.885 bits per heavy atom. The summed E-state index contributed by atoms with van der Waals surface area (Å²) in [6.07, 6.45) is 0.843. The highest BCUT2D eigenvalue weighted by Crippen LogP contribution is 2.50. The summed E-state index contributed by atoms with van der Waals surface area (Å²) in [5, 5.41) is 0. The van der Waals surface area contributed by atoms with Gasteiger partial charge in [-0.05, 0) is 82.0 Å². The predicted molar refractivity (Wildman–Crippen MR) is 203 cm³/mol. The number of nitrogens with one attached hydrogen (secondary N) is 1. The standard InChI is InChI=1S/C40H52N3O8P/c1-9-23-49-52(43(27(2)3)28(4)5)51-35-24-37(42-25-29(6)38(44)41-39(42)45)50-36(35)26-48-40(30-13-11-10-12-14-30,31-15-19-33(46-7)20-16-31)32-17-21-34(47-8)22-18-32/h10-22,25,27-28,35-37H,9,23-24,26H2,1-8H3,(H,41,44,45)/t35?,36-,37-,52?/m1/s1. The molecule has 1 saturated heterocycles. The second-order valence-corrected chi connectivity index (χ2v) is 14.8. The van der Waals surface area contributed by atoms with Crippen LogP contribution in [0.15, 0.2) is 94.6 Å². The van der Waals surface area contributed by atoms with E-state index in [9.17, 15) is 9.59 Å². The van der Waals surface area contributed by atoms with Gasteiger partial charge in [0, 0.05) is 30.3 Å². The molecule has 0 radical (unpaired) electrons. The lowest BCUT2D eigenvalue weighted by atomic mass is 9.80. The van der Waals surface area contributed by atoms with Gasteiger partial charge in [0.25, 0.3) is 14.1 Å². The molecule has 52 heavy (non-hydrogen) atoms. The molecule has 3 aromatic carbocycles. The fraction of sp³-hybridized carbons (Fsp3) is 0.450. The van der Waals surface area contributed by atoms with Crippen molar-refractivity contribution in [2.75, 3.05) is 27.4 Å². The van der Waals surface area contributed by atoms with E-state index < -0.39 is 43.8 Å². The lowest BCUT2D eigenvalue weighted by Gasteiger charge is -2.39. The van der Waals surface area contributed by atoms with E-state index in [-0.39, 0.29) is 18.7 Å². The van der Waals surface area contributed by atoms with Gasteiger partial charge < -0.3 is 28.0 Å². The van der Waals surface area contributed by atoms with E-state index in [1.807, 2.05) is 78.9 Å². The summed E-state index contributed by atoms with van der Waals surface area (Å²) in [7, 11) is 1.77. The molecule has 0 spiro atoms. The highest BCUT2D eigenvalue weighted by atomic mass is 31.2. The van der Waals surface area contributed by atoms with E-state index in [4.69, 9.17) is 28.0 Å². The lowest BCUT2D eigenvalue weighted by Crippen LogP contribution is -2.39. The number of hydrogen-bond donors (Lipinski definition) is 1. The predicted octanol–water partition coefficient (Wildman–Crippen LogP) is 7.32. The van der Waals surface area contributed by atoms with Crippen LogP contribution in [0.25, 0.3) is 0 Å². The van der Waals surface area contributed by atoms with Crippen molar-refractivity contribution in [3.63, 3.8) is 0 Å². The smallest absolute Gasteiger partial charge is 0.330 e. The van der Waals surface area contributed by atoms with Crippen molar-refractivity contribution in [1.29, 1.82) is 0 Å². The number of methoxy groups -OCH3 is 2. The van der Waals surface area contributed by atoms with Crippen molar-refractivity contribution in [1.82, 2.24) is 14.2 Å². The number of rotatable bonds is 17. The summed E-state index contributed by atoms with van der Waals surface area (Å²) in [6, 6.07) is 26.1. The van der Waals surface area contributed by atoms with Gasteiger partial charge in [-0.15, -0.1) is 0 Å². The summed E-state index contributed by atoms with van der Waals surface area (Å²) in [6.45, 7) is 12.9. The van der Waals surface area contributed by atoms with Crippen LogP contribution in [-0.4, -0.2) is 65.9 Å². The van der Waals surface area contributed by atoms with Crippen molar-refractivity contribution < 1.29 is 28.0 Å². The molecule has 1 fully saturated rings. The molecule has 0 bridgehead atoms. The maximum absolute atomic E-state index is 13.1. The molecule has 280 valence electrons. The number of hydrogen-bond acceptors (Lipinski definition) is 9. The molecule has 2 unspecified atom stereocenters. The molecule has 1 N–H and O–H groups in total. The van der Waals surface area contributed by atoms with Crippen molar-refractivity contribution in [3.05, 3.63) is 128 Å². The van der Waals surface area contributed by atoms with Crippen LogP contribution in [-0.2, 0) is 24.1 Å². The van der Waals surface area contributed by atoms with Crippen LogP contribution in [0.4, 0.5) is 0 Å². The van der Waals surface area contributed by atoms with Crippen molar-refractivity contribution in [2.24, 2.45) is 0 Å². The van der Waals surface area contributed by atoms with E-state index in [0.29, 0.717) is 18.6 Å². The number of nitrogens with zero attached hydrogens (tertiary/aromatic N) is 2. The van der Waals surface area contributed by atoms with Crippen molar-refractivity contribution in [3.8, 4) is 11.5 Å². The van der Waals surface area contributed by atoms with Crippen LogP contribution in [0.1, 0.15) is 75.9 Å². The van der Waals surface area contributed by atoms with Crippen molar-refractivity contribution in [2.45, 2.75) is 90.5 Å². The molecule has 1 aliphatic heterocycles. The normalized spacial score (nSPS) is 18.3. The van der Waals surface area contributed by atoms with Gasteiger partial charge in [-0.25, -0.2) is 9.46 Å². The zero-order valence-corrected chi connectivity index (χ0v) is 32.3. The third-order valence-electron chi connectivity index (χ3n) is 9.15. The molecule has 2 heterocycles. The molecule has 4 atom stereocenters. The van der Waals surface area contributed by atoms with E-state index in [0.717, 1.165) is 34.6 Å². The minimum Gasteiger partial charge on any atom is -0.497 e. The maximum Gasteiger partial charge on any atom is 0.330 e. The number of aromatic nitrogens is 2. The average molecular weight is 734 g/mol. The fourth-order valence-corrected chi connectivity index (χ4v) is 8.47. The summed E-state index contributed by atoms with van der Waals surface area (Å²) in [5.41, 5.74) is 0.992. The van der Waals surface area contributed by atoms with E-state index >= 15 is 0 Å². The number of H-pyrrole nitrogens is 1. The Balaban J connectivity index is 1.60. The van der Waals surface area contributed by atoms with Gasteiger partial charge in [-0.2, -0.15) is 0 Å². The quantitative estimate of drug-likeness (QED) is 0.0882. The molecule has 1 aliphatic rings. The molecule has 11 nitrogen and oxygen atoms in total. The average Bonchev–Trinajstić information content (AvgIpc) is 3.54. The highest BCUT2D eigenvalue weighted by molar-refractivity contribution is 7.44. The summed E-state index contributed by atoms with van der Waals surface area (Å²) in [4.78, 5) is 27.8. The first kappa shape index (κ1) is 39.4. The SMILES string of the molecule is CCCOP(OC1C[C@H](n2cc(C)c(=O)[nH]c2=O)O[C@@H]1COC(c1ccccc1)(c1ccc(OC)cc1)c1ccc(OC)cc1)N(C(C)C)C(C)C. The van der Waals surface area contributed by atoms with Gasteiger partial charge in [0.2, 0.25) is 0 Å². The van der Waals surface area contributed by atoms with Gasteiger partial charge in [0.1, 0.15) is 29.4 Å². The van der Waals surface area contributed by atoms with Gasteiger partial charge in [0.05, 0.1) is 33.5 Å². The van der Waals surface area contributed by atoms with Crippen LogP contribution < -0.4 is 20.7 Å². The van der Waals surface area contributed by atoms with Gasteiger partial charge in [-0.1, -0.05) is 61.5 Å². The molecule has 1 aromatic heterocycles.